The summed E-state index contributed by atoms with van der Waals surface area (Å²) in [5, 5.41) is 9.58. The first-order valence-electron chi connectivity index (χ1n) is 6.22. The molecule has 0 aliphatic rings. The molecule has 2 rings (SSSR count). The van der Waals surface area contributed by atoms with Crippen molar-refractivity contribution in [1.82, 2.24) is 0 Å². The van der Waals surface area contributed by atoms with E-state index in [1.54, 1.807) is 18.2 Å². The lowest BCUT2D eigenvalue weighted by Gasteiger charge is -2.01. The maximum absolute atomic E-state index is 9.58. The van der Waals surface area contributed by atoms with Crippen LogP contribution < -0.4 is 0 Å². The number of aromatic hydroxyl groups is 1. The van der Waals surface area contributed by atoms with E-state index in [0.717, 1.165) is 17.6 Å². The van der Waals surface area contributed by atoms with Gasteiger partial charge in [-0.1, -0.05) is 48.6 Å². The maximum Gasteiger partial charge on any atom is 0.141 e. The highest BCUT2D eigenvalue weighted by Gasteiger charge is 1.96. The van der Waals surface area contributed by atoms with Crippen molar-refractivity contribution >= 4 is 17.5 Å². The van der Waals surface area contributed by atoms with Crippen LogP contribution in [0.15, 0.2) is 60.1 Å². The highest BCUT2D eigenvalue weighted by molar-refractivity contribution is 5.69. The van der Waals surface area contributed by atoms with Crippen molar-refractivity contribution in [1.29, 1.82) is 0 Å². The minimum Gasteiger partial charge on any atom is -0.506 e. The van der Waals surface area contributed by atoms with Crippen LogP contribution in [-0.2, 0) is 6.42 Å². The second-order valence-electron chi connectivity index (χ2n) is 4.48. The zero-order valence-electron chi connectivity index (χ0n) is 11.0. The summed E-state index contributed by atoms with van der Waals surface area (Å²) in [6.07, 6.45) is 2.55. The summed E-state index contributed by atoms with van der Waals surface area (Å²) in [4.78, 5) is 4.27. The van der Waals surface area contributed by atoms with Crippen molar-refractivity contribution in [3.63, 3.8) is 0 Å². The first-order valence-corrected chi connectivity index (χ1v) is 6.22. The second kappa shape index (κ2) is 6.01. The van der Waals surface area contributed by atoms with E-state index < -0.39 is 0 Å². The molecule has 96 valence electrons. The Morgan fingerprint density at radius 2 is 1.84 bits per heavy atom. The fourth-order valence-electron chi connectivity index (χ4n) is 1.75. The van der Waals surface area contributed by atoms with E-state index in [-0.39, 0.29) is 5.75 Å². The van der Waals surface area contributed by atoms with Crippen molar-refractivity contribution in [3.05, 3.63) is 66.2 Å². The van der Waals surface area contributed by atoms with Crippen LogP contribution in [0, 0.1) is 0 Å². The minimum atomic E-state index is 0.205. The zero-order chi connectivity index (χ0) is 13.7. The van der Waals surface area contributed by atoms with Crippen LogP contribution in [0.4, 0.5) is 5.69 Å². The van der Waals surface area contributed by atoms with Crippen molar-refractivity contribution < 1.29 is 5.11 Å². The van der Waals surface area contributed by atoms with E-state index in [1.807, 2.05) is 19.2 Å². The van der Waals surface area contributed by atoms with E-state index in [0.29, 0.717) is 5.69 Å². The third-order valence-corrected chi connectivity index (χ3v) is 2.89. The third kappa shape index (κ3) is 3.55. The summed E-state index contributed by atoms with van der Waals surface area (Å²) >= 11 is 0. The number of para-hydroxylation sites is 2. The number of hydrogen-bond acceptors (Lipinski definition) is 2. The van der Waals surface area contributed by atoms with Gasteiger partial charge in [0.2, 0.25) is 0 Å². The monoisotopic (exact) mass is 251 g/mol. The molecule has 2 heteroatoms. The smallest absolute Gasteiger partial charge is 0.141 e. The summed E-state index contributed by atoms with van der Waals surface area (Å²) in [6, 6.07) is 15.3. The van der Waals surface area contributed by atoms with Crippen LogP contribution in [0.25, 0.3) is 5.57 Å². The Morgan fingerprint density at radius 1 is 1.16 bits per heavy atom. The first-order chi connectivity index (χ1) is 9.16. The molecular formula is C17H17NO. The number of rotatable bonds is 4. The fraction of sp³-hybridized carbons (Fsp3) is 0.118. The van der Waals surface area contributed by atoms with Gasteiger partial charge in [-0.05, 0) is 30.2 Å². The second-order valence-corrected chi connectivity index (χ2v) is 4.48. The molecule has 0 saturated heterocycles. The third-order valence-electron chi connectivity index (χ3n) is 2.89. The average molecular weight is 251 g/mol. The topological polar surface area (TPSA) is 32.6 Å². The maximum atomic E-state index is 9.58. The predicted molar refractivity (Wildman–Crippen MR) is 81.1 cm³/mol. The molecule has 0 atom stereocenters. The number of allylic oxidation sites excluding steroid dienone is 1. The van der Waals surface area contributed by atoms with Crippen LogP contribution in [0.1, 0.15) is 18.1 Å². The lowest BCUT2D eigenvalue weighted by Crippen LogP contribution is -1.87. The summed E-state index contributed by atoms with van der Waals surface area (Å²) in [5.41, 5.74) is 4.00. The molecule has 0 fully saturated rings. The van der Waals surface area contributed by atoms with Crippen molar-refractivity contribution in [2.24, 2.45) is 4.99 Å². The molecule has 0 spiro atoms. The van der Waals surface area contributed by atoms with E-state index in [4.69, 9.17) is 0 Å². The number of aliphatic imine (C=N–C) groups is 1. The molecule has 0 aromatic heterocycles. The molecule has 0 aliphatic heterocycles. The number of phenols is 1. The van der Waals surface area contributed by atoms with Crippen LogP contribution in [0.2, 0.25) is 0 Å². The van der Waals surface area contributed by atoms with Gasteiger partial charge in [0.1, 0.15) is 11.4 Å². The van der Waals surface area contributed by atoms with Crippen LogP contribution in [0.5, 0.6) is 5.75 Å². The van der Waals surface area contributed by atoms with Crippen LogP contribution in [-0.4, -0.2) is 11.3 Å². The standard InChI is InChI=1S/C17H17NO/c1-13(2)15-9-7-14(8-10-15)11-12-18-16-5-3-4-6-17(16)19/h3-10,12,19H,1,11H2,2H3. The highest BCUT2D eigenvalue weighted by atomic mass is 16.3. The number of hydrogen-bond donors (Lipinski definition) is 1. The van der Waals surface area contributed by atoms with Crippen molar-refractivity contribution in [2.75, 3.05) is 0 Å². The van der Waals surface area contributed by atoms with E-state index in [9.17, 15) is 5.11 Å². The van der Waals surface area contributed by atoms with E-state index in [1.165, 1.54) is 5.56 Å². The summed E-state index contributed by atoms with van der Waals surface area (Å²) in [5.74, 6) is 0.205. The van der Waals surface area contributed by atoms with Gasteiger partial charge in [0, 0.05) is 12.6 Å². The highest BCUT2D eigenvalue weighted by Crippen LogP contribution is 2.24. The van der Waals surface area contributed by atoms with E-state index in [2.05, 4.69) is 35.8 Å². The Balaban J connectivity index is 2.03. The largest absolute Gasteiger partial charge is 0.506 e. The Morgan fingerprint density at radius 3 is 2.47 bits per heavy atom. The first kappa shape index (κ1) is 13.1. The van der Waals surface area contributed by atoms with Crippen molar-refractivity contribution in [2.45, 2.75) is 13.3 Å². The van der Waals surface area contributed by atoms with Gasteiger partial charge in [0.15, 0.2) is 0 Å². The summed E-state index contributed by atoms with van der Waals surface area (Å²) < 4.78 is 0. The normalized spacial score (nSPS) is 10.8. The molecule has 0 aliphatic carbocycles. The zero-order valence-corrected chi connectivity index (χ0v) is 11.0. The molecule has 19 heavy (non-hydrogen) atoms. The summed E-state index contributed by atoms with van der Waals surface area (Å²) in [6.45, 7) is 5.91. The molecule has 0 unspecified atom stereocenters. The quantitative estimate of drug-likeness (QED) is 0.804. The molecular weight excluding hydrogens is 234 g/mol. The predicted octanol–water partition coefficient (Wildman–Crippen LogP) is 4.37. The molecule has 0 radical (unpaired) electrons. The van der Waals surface area contributed by atoms with Gasteiger partial charge in [-0.2, -0.15) is 0 Å². The molecule has 1 N–H and O–H groups in total. The van der Waals surface area contributed by atoms with Crippen LogP contribution >= 0.6 is 0 Å². The Kier molecular flexibility index (Phi) is 4.14. The fourth-order valence-corrected chi connectivity index (χ4v) is 1.75. The molecule has 0 amide bonds. The number of phenolic OH excluding ortho intramolecular Hbond substituents is 1. The van der Waals surface area contributed by atoms with Gasteiger partial charge >= 0.3 is 0 Å². The van der Waals surface area contributed by atoms with Gasteiger partial charge in [-0.15, -0.1) is 0 Å². The average Bonchev–Trinajstić information content (AvgIpc) is 2.41. The Labute approximate surface area is 113 Å². The molecule has 2 nitrogen and oxygen atoms in total. The van der Waals surface area contributed by atoms with Gasteiger partial charge in [0.25, 0.3) is 0 Å². The molecule has 2 aromatic rings. The molecule has 2 aromatic carbocycles. The van der Waals surface area contributed by atoms with E-state index >= 15 is 0 Å². The Hall–Kier alpha value is -2.35. The van der Waals surface area contributed by atoms with Gasteiger partial charge < -0.3 is 5.11 Å². The summed E-state index contributed by atoms with van der Waals surface area (Å²) in [7, 11) is 0. The van der Waals surface area contributed by atoms with Gasteiger partial charge in [-0.3, -0.25) is 4.99 Å². The molecule has 0 heterocycles. The molecule has 0 saturated carbocycles. The number of benzene rings is 2. The lowest BCUT2D eigenvalue weighted by atomic mass is 10.1. The Bertz CT molecular complexity index is 597. The van der Waals surface area contributed by atoms with Crippen LogP contribution in [0.3, 0.4) is 0 Å². The van der Waals surface area contributed by atoms with Gasteiger partial charge in [0.05, 0.1) is 0 Å². The van der Waals surface area contributed by atoms with Gasteiger partial charge in [-0.25, -0.2) is 0 Å². The SMILES string of the molecule is C=C(C)c1ccc(CC=Nc2ccccc2O)cc1. The molecule has 0 bridgehead atoms. The lowest BCUT2D eigenvalue weighted by molar-refractivity contribution is 0.477. The minimum absolute atomic E-state index is 0.205. The number of nitrogens with zero attached hydrogens (tertiary/aromatic N) is 1. The van der Waals surface area contributed by atoms with Crippen molar-refractivity contribution in [3.8, 4) is 5.75 Å².